The van der Waals surface area contributed by atoms with Gasteiger partial charge in [0.05, 0.1) is 29.5 Å². The molecule has 2 aromatic carbocycles. The summed E-state index contributed by atoms with van der Waals surface area (Å²) in [6.45, 7) is 0. The van der Waals surface area contributed by atoms with Gasteiger partial charge in [0.15, 0.2) is 0 Å². The minimum Gasteiger partial charge on any atom is -0.465 e. The lowest BCUT2D eigenvalue weighted by molar-refractivity contribution is -0.143. The van der Waals surface area contributed by atoms with E-state index in [9.17, 15) is 44.7 Å². The number of nitrogens with one attached hydrogen (secondary N) is 1. The number of hydrogen-bond acceptors (Lipinski definition) is 3. The van der Waals surface area contributed by atoms with Gasteiger partial charge in [0, 0.05) is 11.6 Å². The zero-order valence-corrected chi connectivity index (χ0v) is 14.1. The number of carbonyl (C=O) groups is 2. The van der Waals surface area contributed by atoms with Gasteiger partial charge in [0.1, 0.15) is 11.6 Å². The predicted octanol–water partition coefficient (Wildman–Crippen LogP) is 5.04. The fourth-order valence-electron chi connectivity index (χ4n) is 2.19. The predicted molar refractivity (Wildman–Crippen MR) is 82.1 cm³/mol. The van der Waals surface area contributed by atoms with Crippen molar-refractivity contribution in [3.63, 3.8) is 0 Å². The second kappa shape index (κ2) is 7.68. The Labute approximate surface area is 157 Å². The molecule has 1 N–H and O–H groups in total. The Morgan fingerprint density at radius 2 is 1.34 bits per heavy atom. The van der Waals surface area contributed by atoms with Crippen molar-refractivity contribution in [1.29, 1.82) is 0 Å². The van der Waals surface area contributed by atoms with Gasteiger partial charge >= 0.3 is 18.3 Å². The van der Waals surface area contributed by atoms with E-state index in [2.05, 4.69) is 4.74 Å². The van der Waals surface area contributed by atoms with Crippen LogP contribution >= 0.6 is 0 Å². The van der Waals surface area contributed by atoms with E-state index in [4.69, 9.17) is 0 Å². The first-order chi connectivity index (χ1) is 13.2. The van der Waals surface area contributed by atoms with Gasteiger partial charge in [-0.3, -0.25) is 4.79 Å². The number of methoxy groups -OCH3 is 1. The second-order valence-corrected chi connectivity index (χ2v) is 5.55. The first-order valence-electron chi connectivity index (χ1n) is 7.42. The standard InChI is InChI=1S/C17H9F8NO3/c1-29-15(28)10-5-13(12(19)6-11(10)18)26-14(27)7-2-8(16(20,21)22)4-9(3-7)17(23,24)25/h2-6H,1H3,(H,26,27). The minimum atomic E-state index is -5.20. The average Bonchev–Trinajstić information content (AvgIpc) is 2.61. The van der Waals surface area contributed by atoms with Crippen molar-refractivity contribution in [2.45, 2.75) is 12.4 Å². The van der Waals surface area contributed by atoms with Gasteiger partial charge in [-0.25, -0.2) is 13.6 Å². The number of esters is 1. The van der Waals surface area contributed by atoms with Crippen LogP contribution in [0.5, 0.6) is 0 Å². The molecule has 29 heavy (non-hydrogen) atoms. The van der Waals surface area contributed by atoms with Crippen LogP contribution in [0.3, 0.4) is 0 Å². The summed E-state index contributed by atoms with van der Waals surface area (Å²) in [7, 11) is 0.880. The molecule has 0 fully saturated rings. The van der Waals surface area contributed by atoms with Gasteiger partial charge in [0.2, 0.25) is 0 Å². The lowest BCUT2D eigenvalue weighted by Crippen LogP contribution is -2.18. The molecule has 0 aliphatic heterocycles. The molecule has 0 aromatic heterocycles. The number of hydrogen-bond donors (Lipinski definition) is 1. The van der Waals surface area contributed by atoms with Crippen LogP contribution < -0.4 is 5.32 Å². The van der Waals surface area contributed by atoms with Crippen molar-refractivity contribution in [3.05, 3.63) is 64.2 Å². The Morgan fingerprint density at radius 3 is 1.79 bits per heavy atom. The van der Waals surface area contributed by atoms with Crippen molar-refractivity contribution in [1.82, 2.24) is 0 Å². The lowest BCUT2D eigenvalue weighted by Gasteiger charge is -2.14. The largest absolute Gasteiger partial charge is 0.465 e. The number of ether oxygens (including phenoxy) is 1. The first-order valence-corrected chi connectivity index (χ1v) is 7.42. The van der Waals surface area contributed by atoms with E-state index >= 15 is 0 Å². The average molecular weight is 427 g/mol. The van der Waals surface area contributed by atoms with Crippen LogP contribution in [0.4, 0.5) is 40.8 Å². The maximum atomic E-state index is 13.8. The van der Waals surface area contributed by atoms with Gasteiger partial charge in [-0.2, -0.15) is 26.3 Å². The van der Waals surface area contributed by atoms with Crippen molar-refractivity contribution >= 4 is 17.6 Å². The fraction of sp³-hybridized carbons (Fsp3) is 0.176. The quantitative estimate of drug-likeness (QED) is 0.552. The van der Waals surface area contributed by atoms with E-state index < -0.39 is 63.8 Å². The summed E-state index contributed by atoms with van der Waals surface area (Å²) in [5.74, 6) is -5.59. The molecule has 1 amide bonds. The Hall–Kier alpha value is -3.18. The van der Waals surface area contributed by atoms with Crippen molar-refractivity contribution in [3.8, 4) is 0 Å². The molecule has 4 nitrogen and oxygen atoms in total. The van der Waals surface area contributed by atoms with E-state index in [-0.39, 0.29) is 24.3 Å². The van der Waals surface area contributed by atoms with Gasteiger partial charge in [-0.15, -0.1) is 0 Å². The maximum absolute atomic E-state index is 13.8. The number of rotatable bonds is 3. The molecule has 12 heteroatoms. The highest BCUT2D eigenvalue weighted by atomic mass is 19.4. The lowest BCUT2D eigenvalue weighted by atomic mass is 10.0. The number of benzene rings is 2. The van der Waals surface area contributed by atoms with Gasteiger partial charge < -0.3 is 10.1 Å². The molecular formula is C17H9F8NO3. The Morgan fingerprint density at radius 1 is 0.828 bits per heavy atom. The second-order valence-electron chi connectivity index (χ2n) is 5.55. The van der Waals surface area contributed by atoms with Gasteiger partial charge in [-0.1, -0.05) is 0 Å². The molecule has 156 valence electrons. The SMILES string of the molecule is COC(=O)c1cc(NC(=O)c2cc(C(F)(F)F)cc(C(F)(F)F)c2)c(F)cc1F. The third kappa shape index (κ3) is 5.00. The third-order valence-corrected chi connectivity index (χ3v) is 3.56. The summed E-state index contributed by atoms with van der Waals surface area (Å²) in [5.41, 5.74) is -6.28. The van der Waals surface area contributed by atoms with Crippen LogP contribution in [0.15, 0.2) is 30.3 Å². The monoisotopic (exact) mass is 427 g/mol. The number of halogens is 8. The molecule has 0 aliphatic carbocycles. The third-order valence-electron chi connectivity index (χ3n) is 3.56. The highest BCUT2D eigenvalue weighted by molar-refractivity contribution is 6.05. The van der Waals surface area contributed by atoms with Crippen LogP contribution in [0.2, 0.25) is 0 Å². The molecule has 0 radical (unpaired) electrons. The van der Waals surface area contributed by atoms with E-state index in [1.54, 1.807) is 5.32 Å². The van der Waals surface area contributed by atoms with Crippen LogP contribution in [0.25, 0.3) is 0 Å². The number of alkyl halides is 6. The summed E-state index contributed by atoms with van der Waals surface area (Å²) in [4.78, 5) is 23.6. The van der Waals surface area contributed by atoms with Crippen molar-refractivity contribution in [2.24, 2.45) is 0 Å². The molecule has 0 heterocycles. The van der Waals surface area contributed by atoms with Crippen molar-refractivity contribution in [2.75, 3.05) is 12.4 Å². The highest BCUT2D eigenvalue weighted by Crippen LogP contribution is 2.36. The number of carbonyl (C=O) groups excluding carboxylic acids is 2. The number of amides is 1. The number of anilines is 1. The Bertz CT molecular complexity index is 934. The minimum absolute atomic E-state index is 0.132. The molecule has 0 saturated heterocycles. The molecular weight excluding hydrogens is 418 g/mol. The smallest absolute Gasteiger partial charge is 0.416 e. The van der Waals surface area contributed by atoms with Crippen LogP contribution in [0, 0.1) is 11.6 Å². The van der Waals surface area contributed by atoms with Crippen molar-refractivity contribution < 1.29 is 49.4 Å². The summed E-state index contributed by atoms with van der Waals surface area (Å²) < 4.78 is 109. The van der Waals surface area contributed by atoms with E-state index in [1.807, 2.05) is 0 Å². The van der Waals surface area contributed by atoms with Crippen LogP contribution in [-0.4, -0.2) is 19.0 Å². The van der Waals surface area contributed by atoms with E-state index in [1.165, 1.54) is 0 Å². The molecule has 0 saturated carbocycles. The van der Waals surface area contributed by atoms with Gasteiger partial charge in [0.25, 0.3) is 5.91 Å². The molecule has 0 atom stereocenters. The summed E-state index contributed by atoms with van der Waals surface area (Å²) >= 11 is 0. The van der Waals surface area contributed by atoms with E-state index in [0.29, 0.717) is 6.07 Å². The Kier molecular flexibility index (Phi) is 5.86. The molecule has 0 aliphatic rings. The van der Waals surface area contributed by atoms with Crippen LogP contribution in [0.1, 0.15) is 31.8 Å². The highest BCUT2D eigenvalue weighted by Gasteiger charge is 2.37. The van der Waals surface area contributed by atoms with E-state index in [0.717, 1.165) is 7.11 Å². The summed E-state index contributed by atoms with van der Waals surface area (Å²) in [6.07, 6.45) is -10.4. The van der Waals surface area contributed by atoms with Crippen LogP contribution in [-0.2, 0) is 17.1 Å². The maximum Gasteiger partial charge on any atom is 0.416 e. The molecule has 0 spiro atoms. The molecule has 0 unspecified atom stereocenters. The Balaban J connectivity index is 2.49. The topological polar surface area (TPSA) is 55.4 Å². The fourth-order valence-corrected chi connectivity index (χ4v) is 2.19. The zero-order valence-electron chi connectivity index (χ0n) is 14.1. The first kappa shape index (κ1) is 22.1. The zero-order chi connectivity index (χ0) is 22.1. The summed E-state index contributed by atoms with van der Waals surface area (Å²) in [5, 5.41) is 1.71. The van der Waals surface area contributed by atoms with Gasteiger partial charge in [-0.05, 0) is 24.3 Å². The molecule has 2 aromatic rings. The normalized spacial score (nSPS) is 11.9. The summed E-state index contributed by atoms with van der Waals surface area (Å²) in [6, 6.07) is 0.757. The molecule has 0 bridgehead atoms. The molecule has 2 rings (SSSR count).